The van der Waals surface area contributed by atoms with Crippen LogP contribution in [0.3, 0.4) is 0 Å². The van der Waals surface area contributed by atoms with Crippen molar-refractivity contribution < 1.29 is 14.4 Å². The summed E-state index contributed by atoms with van der Waals surface area (Å²) in [5.41, 5.74) is 7.40. The van der Waals surface area contributed by atoms with E-state index in [0.29, 0.717) is 16.8 Å². The van der Waals surface area contributed by atoms with Gasteiger partial charge in [0.25, 0.3) is 5.91 Å². The van der Waals surface area contributed by atoms with Gasteiger partial charge in [0.2, 0.25) is 5.91 Å². The Kier molecular flexibility index (Phi) is 6.19. The number of urea groups is 1. The maximum atomic E-state index is 12.1. The van der Waals surface area contributed by atoms with Gasteiger partial charge in [0.1, 0.15) is 0 Å². The number of carbonyl (C=O) groups is 3. The zero-order chi connectivity index (χ0) is 18.4. The molecule has 7 heteroatoms. The average molecular weight is 357 g/mol. The fourth-order valence-electron chi connectivity index (χ4n) is 2.22. The smallest absolute Gasteiger partial charge is 0.338 e. The van der Waals surface area contributed by atoms with Crippen LogP contribution >= 0.6 is 12.8 Å². The van der Waals surface area contributed by atoms with Gasteiger partial charge < -0.3 is 5.73 Å². The molecule has 0 saturated carbocycles. The van der Waals surface area contributed by atoms with Gasteiger partial charge in [0, 0.05) is 11.1 Å². The molecule has 0 bridgehead atoms. The molecule has 2 rings (SSSR count). The van der Waals surface area contributed by atoms with Gasteiger partial charge in [-0.25, -0.2) is 9.10 Å². The van der Waals surface area contributed by atoms with E-state index < -0.39 is 17.8 Å². The SMILES string of the molecule is CCCc1ccc(C(=O)NC(=O)N(S)c2ccc(C(N)=O)cc2)cc1. The number of thiol groups is 1. The van der Waals surface area contributed by atoms with Crippen molar-refractivity contribution in [2.24, 2.45) is 5.73 Å². The maximum Gasteiger partial charge on any atom is 0.338 e. The summed E-state index contributed by atoms with van der Waals surface area (Å²) in [6.07, 6.45) is 1.96. The predicted molar refractivity (Wildman–Crippen MR) is 99.7 cm³/mol. The van der Waals surface area contributed by atoms with Gasteiger partial charge in [-0.3, -0.25) is 14.9 Å². The van der Waals surface area contributed by atoms with Crippen molar-refractivity contribution in [2.75, 3.05) is 4.31 Å². The number of aryl methyl sites for hydroxylation is 1. The molecule has 2 aromatic carbocycles. The van der Waals surface area contributed by atoms with Crippen molar-refractivity contribution in [1.29, 1.82) is 0 Å². The second kappa shape index (κ2) is 8.34. The number of nitrogens with zero attached hydrogens (tertiary/aromatic N) is 1. The lowest BCUT2D eigenvalue weighted by Crippen LogP contribution is -2.38. The van der Waals surface area contributed by atoms with Crippen LogP contribution in [0.15, 0.2) is 48.5 Å². The third-order valence-corrected chi connectivity index (χ3v) is 3.98. The van der Waals surface area contributed by atoms with Gasteiger partial charge in [0.05, 0.1) is 5.69 Å². The fraction of sp³-hybridized carbons (Fsp3) is 0.167. The minimum absolute atomic E-state index is 0.314. The molecule has 0 aromatic heterocycles. The van der Waals surface area contributed by atoms with Crippen LogP contribution in [0.1, 0.15) is 39.6 Å². The molecule has 2 aromatic rings. The van der Waals surface area contributed by atoms with Gasteiger partial charge in [-0.1, -0.05) is 38.3 Å². The first-order chi connectivity index (χ1) is 11.9. The Labute approximate surface area is 151 Å². The monoisotopic (exact) mass is 357 g/mol. The molecule has 0 aliphatic rings. The Hall–Kier alpha value is -2.80. The first-order valence-corrected chi connectivity index (χ1v) is 8.15. The van der Waals surface area contributed by atoms with E-state index in [4.69, 9.17) is 5.73 Å². The summed E-state index contributed by atoms with van der Waals surface area (Å²) in [7, 11) is 0. The minimum Gasteiger partial charge on any atom is -0.366 e. The van der Waals surface area contributed by atoms with Crippen molar-refractivity contribution in [2.45, 2.75) is 19.8 Å². The van der Waals surface area contributed by atoms with Crippen LogP contribution < -0.4 is 15.4 Å². The van der Waals surface area contributed by atoms with Gasteiger partial charge in [-0.15, -0.1) is 0 Å². The molecule has 130 valence electrons. The van der Waals surface area contributed by atoms with E-state index in [0.717, 1.165) is 22.7 Å². The van der Waals surface area contributed by atoms with Crippen LogP contribution in [0.5, 0.6) is 0 Å². The van der Waals surface area contributed by atoms with E-state index in [9.17, 15) is 14.4 Å². The highest BCUT2D eigenvalue weighted by Gasteiger charge is 2.16. The summed E-state index contributed by atoms with van der Waals surface area (Å²) in [5, 5.41) is 2.26. The van der Waals surface area contributed by atoms with Crippen molar-refractivity contribution >= 4 is 36.3 Å². The van der Waals surface area contributed by atoms with Crippen LogP contribution in [-0.2, 0) is 6.42 Å². The molecular formula is C18H19N3O3S. The van der Waals surface area contributed by atoms with Gasteiger partial charge in [0.15, 0.2) is 0 Å². The van der Waals surface area contributed by atoms with Crippen LogP contribution in [-0.4, -0.2) is 17.8 Å². The van der Waals surface area contributed by atoms with Crippen molar-refractivity contribution in [3.63, 3.8) is 0 Å². The number of imide groups is 1. The lowest BCUT2D eigenvalue weighted by molar-refractivity contribution is 0.0964. The maximum absolute atomic E-state index is 12.1. The summed E-state index contributed by atoms with van der Waals surface area (Å²) in [6, 6.07) is 12.4. The molecule has 6 nitrogen and oxygen atoms in total. The number of primary amides is 1. The summed E-state index contributed by atoms with van der Waals surface area (Å²) < 4.78 is 0.980. The minimum atomic E-state index is -0.696. The summed E-state index contributed by atoms with van der Waals surface area (Å²) in [6.45, 7) is 2.08. The molecular weight excluding hydrogens is 338 g/mol. The van der Waals surface area contributed by atoms with E-state index in [-0.39, 0.29) is 0 Å². The molecule has 25 heavy (non-hydrogen) atoms. The second-order valence-corrected chi connectivity index (χ2v) is 5.83. The lowest BCUT2D eigenvalue weighted by Gasteiger charge is -2.16. The number of hydrogen-bond acceptors (Lipinski definition) is 4. The molecule has 0 fully saturated rings. The first kappa shape index (κ1) is 18.5. The molecule has 0 unspecified atom stereocenters. The summed E-state index contributed by atoms with van der Waals surface area (Å²) in [4.78, 5) is 35.3. The molecule has 4 amide bonds. The van der Waals surface area contributed by atoms with Crippen LogP contribution in [0.25, 0.3) is 0 Å². The van der Waals surface area contributed by atoms with E-state index >= 15 is 0 Å². The van der Waals surface area contributed by atoms with Gasteiger partial charge in [-0.2, -0.15) is 0 Å². The zero-order valence-corrected chi connectivity index (χ0v) is 14.6. The normalized spacial score (nSPS) is 10.2. The third kappa shape index (κ3) is 4.84. The first-order valence-electron chi connectivity index (χ1n) is 7.75. The van der Waals surface area contributed by atoms with Crippen molar-refractivity contribution in [1.82, 2.24) is 5.32 Å². The summed E-state index contributed by atoms with van der Waals surface area (Å²) in [5.74, 6) is -1.08. The molecule has 3 N–H and O–H groups in total. The van der Waals surface area contributed by atoms with Gasteiger partial charge >= 0.3 is 6.03 Å². The predicted octanol–water partition coefficient (Wildman–Crippen LogP) is 2.94. The topological polar surface area (TPSA) is 92.5 Å². The Morgan fingerprint density at radius 3 is 2.08 bits per heavy atom. The number of rotatable bonds is 5. The number of hydrogen-bond donors (Lipinski definition) is 3. The number of carbonyl (C=O) groups excluding carboxylic acids is 3. The zero-order valence-electron chi connectivity index (χ0n) is 13.7. The highest BCUT2D eigenvalue weighted by molar-refractivity contribution is 7.82. The molecule has 0 atom stereocenters. The third-order valence-electron chi connectivity index (χ3n) is 3.56. The number of amides is 4. The lowest BCUT2D eigenvalue weighted by atomic mass is 10.1. The Balaban J connectivity index is 2.02. The van der Waals surface area contributed by atoms with E-state index in [2.05, 4.69) is 25.1 Å². The Bertz CT molecular complexity index is 773. The molecule has 0 heterocycles. The molecule has 0 radical (unpaired) electrons. The highest BCUT2D eigenvalue weighted by atomic mass is 32.1. The van der Waals surface area contributed by atoms with Crippen LogP contribution in [0.4, 0.5) is 10.5 Å². The number of benzene rings is 2. The quantitative estimate of drug-likeness (QED) is 0.718. The van der Waals surface area contributed by atoms with Crippen LogP contribution in [0.2, 0.25) is 0 Å². The Morgan fingerprint density at radius 2 is 1.56 bits per heavy atom. The standard InChI is InChI=1S/C18H19N3O3S/c1-2-3-12-4-6-14(7-5-12)17(23)20-18(24)21(25)15-10-8-13(9-11-15)16(19)22/h4-11,25H,2-3H2,1H3,(H2,19,22)(H,20,23,24). The molecule has 0 spiro atoms. The number of nitrogens with one attached hydrogen (secondary N) is 1. The fourth-order valence-corrected chi connectivity index (χ4v) is 2.40. The molecule has 0 aliphatic carbocycles. The molecule has 0 aliphatic heterocycles. The van der Waals surface area contributed by atoms with Crippen molar-refractivity contribution in [3.8, 4) is 0 Å². The van der Waals surface area contributed by atoms with E-state index in [1.807, 2.05) is 12.1 Å². The Morgan fingerprint density at radius 1 is 1.00 bits per heavy atom. The van der Waals surface area contributed by atoms with Crippen LogP contribution in [0, 0.1) is 0 Å². The van der Waals surface area contributed by atoms with Crippen molar-refractivity contribution in [3.05, 3.63) is 65.2 Å². The number of anilines is 1. The largest absolute Gasteiger partial charge is 0.366 e. The summed E-state index contributed by atoms with van der Waals surface area (Å²) >= 11 is 4.08. The van der Waals surface area contributed by atoms with E-state index in [1.54, 1.807) is 12.1 Å². The highest BCUT2D eigenvalue weighted by Crippen LogP contribution is 2.17. The molecule has 0 saturated heterocycles. The number of nitrogens with two attached hydrogens (primary N) is 1. The van der Waals surface area contributed by atoms with Gasteiger partial charge in [-0.05, 0) is 48.4 Å². The average Bonchev–Trinajstić information content (AvgIpc) is 2.62. The van der Waals surface area contributed by atoms with E-state index in [1.165, 1.54) is 24.3 Å². The second-order valence-electron chi connectivity index (χ2n) is 5.43.